The number of carbonyl (C=O) groups excluding carboxylic acids is 2. The lowest BCUT2D eigenvalue weighted by Crippen LogP contribution is -2.60. The highest BCUT2D eigenvalue weighted by Gasteiger charge is 2.46. The van der Waals surface area contributed by atoms with Gasteiger partial charge in [0.1, 0.15) is 36.8 Å². The predicted octanol–water partition coefficient (Wildman–Crippen LogP) is 11.8. The summed E-state index contributed by atoms with van der Waals surface area (Å²) in [5.74, 6) is -1.97. The van der Waals surface area contributed by atoms with Crippen molar-refractivity contribution < 1.29 is 56.8 Å². The molecule has 6 atom stereocenters. The highest BCUT2D eigenvalue weighted by molar-refractivity contribution is 7.85. The molecular formula is C51H96O12S. The Morgan fingerprint density at radius 2 is 0.922 bits per heavy atom. The van der Waals surface area contributed by atoms with Crippen LogP contribution in [0, 0.1) is 0 Å². The molecule has 1 heterocycles. The van der Waals surface area contributed by atoms with Crippen LogP contribution in [0.3, 0.4) is 0 Å². The molecule has 378 valence electrons. The summed E-state index contributed by atoms with van der Waals surface area (Å²) in [6, 6.07) is 0. The molecule has 0 bridgehead atoms. The number of hydrogen-bond donors (Lipinski definition) is 4. The van der Waals surface area contributed by atoms with Crippen LogP contribution in [0.5, 0.6) is 0 Å². The highest BCUT2D eigenvalue weighted by Crippen LogP contribution is 2.24. The molecule has 13 heteroatoms. The van der Waals surface area contributed by atoms with Gasteiger partial charge in [-0.2, -0.15) is 8.42 Å². The third-order valence-electron chi connectivity index (χ3n) is 12.5. The number of ether oxygens (including phenoxy) is 4. The van der Waals surface area contributed by atoms with E-state index in [0.29, 0.717) is 12.8 Å². The van der Waals surface area contributed by atoms with Gasteiger partial charge in [0.2, 0.25) is 0 Å². The van der Waals surface area contributed by atoms with E-state index in [9.17, 15) is 37.9 Å². The number of rotatable bonds is 46. The van der Waals surface area contributed by atoms with Gasteiger partial charge in [-0.3, -0.25) is 14.1 Å². The zero-order chi connectivity index (χ0) is 46.9. The van der Waals surface area contributed by atoms with Crippen molar-refractivity contribution in [2.45, 2.75) is 281 Å². The van der Waals surface area contributed by atoms with E-state index >= 15 is 0 Å². The van der Waals surface area contributed by atoms with Crippen LogP contribution in [0.1, 0.15) is 244 Å². The van der Waals surface area contributed by atoms with Gasteiger partial charge in [-0.1, -0.05) is 212 Å². The predicted molar refractivity (Wildman–Crippen MR) is 257 cm³/mol. The molecule has 1 fully saturated rings. The van der Waals surface area contributed by atoms with Crippen molar-refractivity contribution in [3.8, 4) is 0 Å². The van der Waals surface area contributed by atoms with Crippen LogP contribution in [0.2, 0.25) is 0 Å². The van der Waals surface area contributed by atoms with E-state index in [1.54, 1.807) is 0 Å². The molecule has 1 saturated heterocycles. The maximum atomic E-state index is 12.9. The summed E-state index contributed by atoms with van der Waals surface area (Å²) < 4.78 is 54.2. The van der Waals surface area contributed by atoms with E-state index in [1.165, 1.54) is 167 Å². The lowest BCUT2D eigenvalue weighted by molar-refractivity contribution is -0.297. The Bertz CT molecular complexity index is 1220. The average molecular weight is 933 g/mol. The van der Waals surface area contributed by atoms with Crippen LogP contribution in [0.15, 0.2) is 12.7 Å². The number of esters is 2. The van der Waals surface area contributed by atoms with Gasteiger partial charge in [-0.25, -0.2) is 0 Å². The molecule has 0 saturated carbocycles. The molecule has 0 amide bonds. The van der Waals surface area contributed by atoms with Crippen LogP contribution in [-0.2, 0) is 38.7 Å². The first-order valence-corrected chi connectivity index (χ1v) is 27.8. The minimum atomic E-state index is -4.60. The topological polar surface area (TPSA) is 186 Å². The third kappa shape index (κ3) is 35.6. The lowest BCUT2D eigenvalue weighted by atomic mass is 10.00. The first-order chi connectivity index (χ1) is 31.0. The molecule has 0 aromatic carbocycles. The monoisotopic (exact) mass is 933 g/mol. The van der Waals surface area contributed by atoms with E-state index in [-0.39, 0.29) is 19.4 Å². The summed E-state index contributed by atoms with van der Waals surface area (Å²) in [4.78, 5) is 25.5. The molecule has 0 spiro atoms. The van der Waals surface area contributed by atoms with E-state index in [1.807, 2.05) is 6.08 Å². The smallest absolute Gasteiger partial charge is 0.306 e. The first-order valence-electron chi connectivity index (χ1n) is 26.2. The van der Waals surface area contributed by atoms with Gasteiger partial charge in [0, 0.05) is 12.8 Å². The second-order valence-electron chi connectivity index (χ2n) is 18.6. The van der Waals surface area contributed by atoms with Gasteiger partial charge >= 0.3 is 11.9 Å². The second-order valence-corrected chi connectivity index (χ2v) is 20.1. The van der Waals surface area contributed by atoms with Crippen molar-refractivity contribution in [3.63, 3.8) is 0 Å². The summed E-state index contributed by atoms with van der Waals surface area (Å²) in [5, 5.41) is 31.0. The lowest BCUT2D eigenvalue weighted by Gasteiger charge is -2.40. The van der Waals surface area contributed by atoms with E-state index < -0.39 is 71.2 Å². The summed E-state index contributed by atoms with van der Waals surface area (Å²) >= 11 is 0. The summed E-state index contributed by atoms with van der Waals surface area (Å²) in [6.45, 7) is 5.34. The number of unbranched alkanes of at least 4 members (excludes halogenated alkanes) is 33. The molecule has 0 aromatic rings. The van der Waals surface area contributed by atoms with Gasteiger partial charge in [0.05, 0.1) is 6.61 Å². The van der Waals surface area contributed by atoms with Gasteiger partial charge < -0.3 is 34.3 Å². The van der Waals surface area contributed by atoms with Crippen molar-refractivity contribution in [2.75, 3.05) is 19.0 Å². The summed E-state index contributed by atoms with van der Waals surface area (Å²) in [7, 11) is -4.60. The second kappa shape index (κ2) is 41.6. The van der Waals surface area contributed by atoms with Gasteiger partial charge in [-0.05, 0) is 25.7 Å². The van der Waals surface area contributed by atoms with Crippen LogP contribution < -0.4 is 0 Å². The van der Waals surface area contributed by atoms with Crippen molar-refractivity contribution in [2.24, 2.45) is 0 Å². The average Bonchev–Trinajstić information content (AvgIpc) is 3.26. The Hall–Kier alpha value is -1.61. The summed E-state index contributed by atoms with van der Waals surface area (Å²) in [6.07, 6.45) is 35.8. The number of allylic oxidation sites excluding steroid dienone is 1. The molecule has 1 aliphatic heterocycles. The molecular weight excluding hydrogens is 837 g/mol. The first kappa shape index (κ1) is 60.4. The fourth-order valence-electron chi connectivity index (χ4n) is 8.42. The van der Waals surface area contributed by atoms with E-state index in [4.69, 9.17) is 18.9 Å². The zero-order valence-electron chi connectivity index (χ0n) is 40.5. The fourth-order valence-corrected chi connectivity index (χ4v) is 9.12. The molecule has 0 radical (unpaired) electrons. The molecule has 0 aromatic heterocycles. The van der Waals surface area contributed by atoms with Crippen LogP contribution >= 0.6 is 0 Å². The highest BCUT2D eigenvalue weighted by atomic mass is 32.2. The van der Waals surface area contributed by atoms with Crippen LogP contribution in [-0.4, -0.2) is 96.0 Å². The maximum Gasteiger partial charge on any atom is 0.306 e. The molecule has 1 aliphatic rings. The maximum absolute atomic E-state index is 12.9. The minimum Gasteiger partial charge on any atom is -0.462 e. The Labute approximate surface area is 390 Å². The molecule has 12 nitrogen and oxygen atoms in total. The van der Waals surface area contributed by atoms with Gasteiger partial charge in [0.15, 0.2) is 12.4 Å². The number of aliphatic hydroxyl groups is 3. The molecule has 0 aliphatic carbocycles. The van der Waals surface area contributed by atoms with E-state index in [0.717, 1.165) is 44.9 Å². The SMILES string of the molecule is C=CCCCCCCCCCCCCCCCC(=O)O[C@H](COC(=O)CCCCCCCCCCCCCCCCCCCCCCC)CO[C@H]1O[C@H](CS(=O)(=O)O)[C@@H](O)C(O)C1O. The molecule has 1 rings (SSSR count). The molecule has 64 heavy (non-hydrogen) atoms. The zero-order valence-corrected chi connectivity index (χ0v) is 41.3. The van der Waals surface area contributed by atoms with E-state index in [2.05, 4.69) is 13.5 Å². The Kier molecular flexibility index (Phi) is 39.2. The number of aliphatic hydroxyl groups excluding tert-OH is 3. The van der Waals surface area contributed by atoms with Gasteiger partial charge in [-0.15, -0.1) is 6.58 Å². The Morgan fingerprint density at radius 3 is 1.31 bits per heavy atom. The third-order valence-corrected chi connectivity index (χ3v) is 13.2. The fraction of sp³-hybridized carbons (Fsp3) is 0.922. The van der Waals surface area contributed by atoms with Crippen molar-refractivity contribution in [3.05, 3.63) is 12.7 Å². The standard InChI is InChI=1S/C51H96O12S/c1-3-5-7-9-11-13-15-17-19-20-21-22-23-24-26-27-29-31-33-35-37-39-46(52)60-41-44(42-61-51-50(56)49(55)48(54)45(63-51)43-64(57,58)59)62-47(53)40-38-36-34-32-30-28-25-18-16-14-12-10-8-6-4-2/h4,44-45,48-51,54-56H,2-3,5-43H2,1H3,(H,57,58,59)/t44-,45-,48-,49?,50?,51+/m1/s1. The van der Waals surface area contributed by atoms with Gasteiger partial charge in [0.25, 0.3) is 10.1 Å². The van der Waals surface area contributed by atoms with Crippen LogP contribution in [0.4, 0.5) is 0 Å². The summed E-state index contributed by atoms with van der Waals surface area (Å²) in [5.41, 5.74) is 0. The number of carbonyl (C=O) groups is 2. The normalized spacial score (nSPS) is 19.4. The molecule has 4 N–H and O–H groups in total. The van der Waals surface area contributed by atoms with Crippen LogP contribution in [0.25, 0.3) is 0 Å². The van der Waals surface area contributed by atoms with Crippen molar-refractivity contribution in [1.29, 1.82) is 0 Å². The quantitative estimate of drug-likeness (QED) is 0.0196. The minimum absolute atomic E-state index is 0.167. The molecule has 2 unspecified atom stereocenters. The Morgan fingerprint density at radius 1 is 0.547 bits per heavy atom. The Balaban J connectivity index is 2.32. The van der Waals surface area contributed by atoms with Crippen molar-refractivity contribution in [1.82, 2.24) is 0 Å². The largest absolute Gasteiger partial charge is 0.462 e. The number of hydrogen-bond acceptors (Lipinski definition) is 11. The van der Waals surface area contributed by atoms with Crippen molar-refractivity contribution >= 4 is 22.1 Å².